The van der Waals surface area contributed by atoms with Crippen LogP contribution in [0.25, 0.3) is 0 Å². The summed E-state index contributed by atoms with van der Waals surface area (Å²) in [6, 6.07) is 3.19. The van der Waals surface area contributed by atoms with E-state index in [9.17, 15) is 13.5 Å². The average Bonchev–Trinajstić information content (AvgIpc) is 2.81. The minimum absolute atomic E-state index is 0.0812. The molecule has 4 nitrogen and oxygen atoms in total. The van der Waals surface area contributed by atoms with E-state index in [1.165, 1.54) is 19.1 Å². The number of nitrogens with one attached hydrogen (secondary N) is 1. The first-order valence-electron chi connectivity index (χ1n) is 5.29. The summed E-state index contributed by atoms with van der Waals surface area (Å²) in [5, 5.41) is 11.3. The lowest BCUT2D eigenvalue weighted by atomic mass is 10.1. The van der Waals surface area contributed by atoms with Crippen molar-refractivity contribution in [2.45, 2.75) is 11.1 Å². The summed E-state index contributed by atoms with van der Waals surface area (Å²) in [6.45, 7) is 1.51. The van der Waals surface area contributed by atoms with Crippen LogP contribution in [0.3, 0.4) is 0 Å². The molecule has 1 aromatic heterocycles. The van der Waals surface area contributed by atoms with Crippen molar-refractivity contribution >= 4 is 38.7 Å². The van der Waals surface area contributed by atoms with Gasteiger partial charge in [0.1, 0.15) is 0 Å². The van der Waals surface area contributed by atoms with Gasteiger partial charge >= 0.3 is 10.0 Å². The fourth-order valence-corrected chi connectivity index (χ4v) is 3.85. The molecular formula is C12H11ClNO3S2+. The number of sulfonamides is 1. The average molecular weight is 317 g/mol. The molecule has 0 spiro atoms. The van der Waals surface area contributed by atoms with Crippen LogP contribution in [0.15, 0.2) is 56.3 Å². The highest BCUT2D eigenvalue weighted by Crippen LogP contribution is 2.22. The molecule has 0 aliphatic heterocycles. The van der Waals surface area contributed by atoms with Gasteiger partial charge in [-0.3, -0.25) is 0 Å². The quantitative estimate of drug-likeness (QED) is 0.812. The largest absolute Gasteiger partial charge is 0.512 e. The van der Waals surface area contributed by atoms with Crippen molar-refractivity contribution in [2.24, 2.45) is 0 Å². The van der Waals surface area contributed by atoms with Gasteiger partial charge in [0.15, 0.2) is 4.21 Å². The first-order valence-corrected chi connectivity index (χ1v) is 8.03. The van der Waals surface area contributed by atoms with E-state index in [0.29, 0.717) is 11.3 Å². The van der Waals surface area contributed by atoms with Gasteiger partial charge in [-0.1, -0.05) is 11.6 Å². The van der Waals surface area contributed by atoms with Crippen LogP contribution in [0.4, 0.5) is 0 Å². The van der Waals surface area contributed by atoms with Crippen molar-refractivity contribution in [3.8, 4) is 0 Å². The van der Waals surface area contributed by atoms with E-state index in [1.54, 1.807) is 23.6 Å². The number of halogens is 1. The summed E-state index contributed by atoms with van der Waals surface area (Å²) in [6.07, 6.45) is 4.57. The molecule has 0 amide bonds. The Kier molecular flexibility index (Phi) is 3.93. The van der Waals surface area contributed by atoms with Gasteiger partial charge in [0.2, 0.25) is 5.71 Å². The van der Waals surface area contributed by atoms with Gasteiger partial charge in [0, 0.05) is 17.7 Å². The van der Waals surface area contributed by atoms with Crippen molar-refractivity contribution in [2.75, 3.05) is 0 Å². The molecule has 2 rings (SSSR count). The summed E-state index contributed by atoms with van der Waals surface area (Å²) >= 11 is 7.10. The smallest absolute Gasteiger partial charge is 0.403 e. The third kappa shape index (κ3) is 3.15. The Labute approximate surface area is 120 Å². The summed E-state index contributed by atoms with van der Waals surface area (Å²) in [4.78, 5) is 0. The van der Waals surface area contributed by atoms with Gasteiger partial charge in [-0.25, -0.2) is 0 Å². The maximum Gasteiger partial charge on any atom is 0.403 e. The second kappa shape index (κ2) is 5.32. The Morgan fingerprint density at radius 1 is 1.42 bits per heavy atom. The molecule has 1 aliphatic carbocycles. The SMILES string of the molecule is CC(O)=C1C=CC(=[NH+]S(=O)(=O)c2cccs2)C=C1Cl. The Morgan fingerprint density at radius 3 is 2.68 bits per heavy atom. The van der Waals surface area contributed by atoms with Crippen LogP contribution < -0.4 is 4.40 Å². The van der Waals surface area contributed by atoms with Crippen molar-refractivity contribution in [1.82, 2.24) is 0 Å². The Hall–Kier alpha value is -1.37. The van der Waals surface area contributed by atoms with Crippen molar-refractivity contribution in [3.05, 3.63) is 52.1 Å². The lowest BCUT2D eigenvalue weighted by molar-refractivity contribution is -0.264. The van der Waals surface area contributed by atoms with E-state index >= 15 is 0 Å². The Balaban J connectivity index is 2.39. The second-order valence-corrected chi connectivity index (χ2v) is 7.08. The second-order valence-electron chi connectivity index (χ2n) is 3.82. The van der Waals surface area contributed by atoms with Crippen LogP contribution in [0.2, 0.25) is 0 Å². The Morgan fingerprint density at radius 2 is 2.16 bits per heavy atom. The number of hydrogen-bond acceptors (Lipinski definition) is 4. The number of rotatable bonds is 2. The van der Waals surface area contributed by atoms with E-state index < -0.39 is 10.0 Å². The molecule has 0 saturated heterocycles. The zero-order chi connectivity index (χ0) is 14.0. The lowest BCUT2D eigenvalue weighted by Gasteiger charge is -2.05. The molecule has 19 heavy (non-hydrogen) atoms. The van der Waals surface area contributed by atoms with E-state index in [0.717, 1.165) is 11.3 Å². The first kappa shape index (κ1) is 14.0. The van der Waals surface area contributed by atoms with Crippen LogP contribution in [-0.4, -0.2) is 19.2 Å². The van der Waals surface area contributed by atoms with Gasteiger partial charge in [-0.05, 0) is 30.5 Å². The summed E-state index contributed by atoms with van der Waals surface area (Å²) < 4.78 is 26.7. The van der Waals surface area contributed by atoms with Crippen molar-refractivity contribution < 1.29 is 17.9 Å². The van der Waals surface area contributed by atoms with Gasteiger partial charge in [0.25, 0.3) is 0 Å². The van der Waals surface area contributed by atoms with Gasteiger partial charge in [0.05, 0.1) is 10.8 Å². The third-order valence-electron chi connectivity index (χ3n) is 2.37. The molecule has 2 N–H and O–H groups in total. The van der Waals surface area contributed by atoms with Gasteiger partial charge in [-0.15, -0.1) is 15.7 Å². The molecular weight excluding hydrogens is 306 g/mol. The highest BCUT2D eigenvalue weighted by Gasteiger charge is 2.22. The van der Waals surface area contributed by atoms with E-state index in [-0.39, 0.29) is 15.0 Å². The maximum atomic E-state index is 12.0. The maximum absolute atomic E-state index is 12.0. The van der Waals surface area contributed by atoms with Crippen LogP contribution in [0.5, 0.6) is 0 Å². The van der Waals surface area contributed by atoms with Crippen LogP contribution in [0.1, 0.15) is 6.92 Å². The molecule has 0 unspecified atom stereocenters. The molecule has 7 heteroatoms. The van der Waals surface area contributed by atoms with Crippen LogP contribution >= 0.6 is 22.9 Å². The predicted molar refractivity (Wildman–Crippen MR) is 75.9 cm³/mol. The fourth-order valence-electron chi connectivity index (χ4n) is 1.49. The molecule has 1 aliphatic rings. The minimum Gasteiger partial charge on any atom is -0.512 e. The monoisotopic (exact) mass is 316 g/mol. The molecule has 0 bridgehead atoms. The molecule has 1 heterocycles. The molecule has 0 atom stereocenters. The predicted octanol–water partition coefficient (Wildman–Crippen LogP) is 1.48. The number of hydrogen-bond donors (Lipinski definition) is 2. The topological polar surface area (TPSA) is 68.3 Å². The number of thiophene rings is 1. The number of aliphatic hydroxyl groups is 1. The summed E-state index contributed by atoms with van der Waals surface area (Å²) in [5.74, 6) is 0.0812. The van der Waals surface area contributed by atoms with Crippen molar-refractivity contribution in [3.63, 3.8) is 0 Å². The number of allylic oxidation sites excluding steroid dienone is 6. The standard InChI is InChI=1S/C12H10ClNO3S2/c1-8(15)10-5-4-9(7-11(10)13)14-19(16,17)12-3-2-6-18-12/h2-7,15H,1H3/p+1. The fraction of sp³-hybridized carbons (Fsp3) is 0.0833. The summed E-state index contributed by atoms with van der Waals surface area (Å²) in [5.41, 5.74) is 0.823. The normalized spacial score (nSPS) is 20.5. The van der Waals surface area contributed by atoms with Crippen LogP contribution in [0, 0.1) is 0 Å². The molecule has 100 valence electrons. The highest BCUT2D eigenvalue weighted by atomic mass is 35.5. The number of aliphatic hydroxyl groups excluding tert-OH is 1. The van der Waals surface area contributed by atoms with Gasteiger partial charge < -0.3 is 5.11 Å². The van der Waals surface area contributed by atoms with Crippen molar-refractivity contribution in [1.29, 1.82) is 0 Å². The molecule has 0 radical (unpaired) electrons. The first-order chi connectivity index (χ1) is 8.90. The minimum atomic E-state index is -3.58. The Bertz CT molecular complexity index is 706. The zero-order valence-corrected chi connectivity index (χ0v) is 12.3. The van der Waals surface area contributed by atoms with Gasteiger partial charge in [-0.2, -0.15) is 8.42 Å². The van der Waals surface area contributed by atoms with E-state index in [4.69, 9.17) is 11.6 Å². The molecule has 0 saturated carbocycles. The van der Waals surface area contributed by atoms with E-state index in [2.05, 4.69) is 4.40 Å². The third-order valence-corrected chi connectivity index (χ3v) is 5.46. The highest BCUT2D eigenvalue weighted by molar-refractivity contribution is 7.87. The lowest BCUT2D eigenvalue weighted by Crippen LogP contribution is -2.75. The molecule has 0 aromatic carbocycles. The zero-order valence-electron chi connectivity index (χ0n) is 9.92. The van der Waals surface area contributed by atoms with Crippen LogP contribution in [-0.2, 0) is 10.0 Å². The summed E-state index contributed by atoms with van der Waals surface area (Å²) in [7, 11) is -3.58. The molecule has 0 fully saturated rings. The molecule has 1 aromatic rings. The van der Waals surface area contributed by atoms with E-state index in [1.807, 2.05) is 0 Å².